The number of allylic oxidation sites excluding steroid dienone is 1. The molecule has 0 aromatic heterocycles. The highest BCUT2D eigenvalue weighted by atomic mass is 127. The van der Waals surface area contributed by atoms with Crippen LogP contribution in [-0.4, -0.2) is 49.9 Å². The van der Waals surface area contributed by atoms with Gasteiger partial charge in [0.1, 0.15) is 19.0 Å². The number of halogens is 2. The molecule has 1 aliphatic rings. The van der Waals surface area contributed by atoms with Gasteiger partial charge in [-0.25, -0.2) is 9.59 Å². The van der Waals surface area contributed by atoms with E-state index < -0.39 is 24.3 Å². The summed E-state index contributed by atoms with van der Waals surface area (Å²) in [5, 5.41) is 20.0. The molecule has 2 amide bonds. The van der Waals surface area contributed by atoms with Crippen molar-refractivity contribution in [1.29, 1.82) is 0 Å². The Morgan fingerprint density at radius 2 is 1.76 bits per heavy atom. The fourth-order valence-corrected chi connectivity index (χ4v) is 6.58. The zero-order chi connectivity index (χ0) is 32.5. The second kappa shape index (κ2) is 16.1. The summed E-state index contributed by atoms with van der Waals surface area (Å²) in [6.45, 7) is 6.19. The molecule has 4 rings (SSSR count). The molecule has 1 aliphatic heterocycles. The maximum absolute atomic E-state index is 12.5. The SMILES string of the molecule is CCOc1cc([C@@H]2NC(=O)NC(C)=C2C(=O)OC)ccc1OC[C@@H](O)N/N=C\c1cc(I)c(OCc2ccc(C)cc2)c(I)c1. The van der Waals surface area contributed by atoms with E-state index >= 15 is 0 Å². The first-order valence-corrected chi connectivity index (χ1v) is 16.2. The van der Waals surface area contributed by atoms with Crippen LogP contribution in [0.5, 0.6) is 17.2 Å². The number of methoxy groups -OCH3 is 1. The van der Waals surface area contributed by atoms with Crippen LogP contribution in [0, 0.1) is 14.1 Å². The quantitative estimate of drug-likeness (QED) is 0.0599. The Bertz CT molecular complexity index is 1570. The Balaban J connectivity index is 1.37. The molecule has 0 fully saturated rings. The minimum Gasteiger partial charge on any atom is -0.490 e. The summed E-state index contributed by atoms with van der Waals surface area (Å²) in [7, 11) is 1.28. The van der Waals surface area contributed by atoms with E-state index in [1.54, 1.807) is 31.3 Å². The number of benzene rings is 3. The van der Waals surface area contributed by atoms with E-state index in [1.807, 2.05) is 19.1 Å². The Labute approximate surface area is 289 Å². The molecule has 11 nitrogen and oxygen atoms in total. The first-order chi connectivity index (χ1) is 21.6. The number of ether oxygens (including phenoxy) is 4. The van der Waals surface area contributed by atoms with Crippen molar-refractivity contribution in [2.45, 2.75) is 39.6 Å². The molecule has 0 bridgehead atoms. The summed E-state index contributed by atoms with van der Waals surface area (Å²) >= 11 is 4.47. The van der Waals surface area contributed by atoms with E-state index in [0.717, 1.165) is 24.0 Å². The van der Waals surface area contributed by atoms with Crippen molar-refractivity contribution in [2.24, 2.45) is 5.10 Å². The Morgan fingerprint density at radius 3 is 2.42 bits per heavy atom. The van der Waals surface area contributed by atoms with Gasteiger partial charge in [0.15, 0.2) is 17.7 Å². The highest BCUT2D eigenvalue weighted by Crippen LogP contribution is 2.35. The largest absolute Gasteiger partial charge is 0.490 e. The molecule has 3 aromatic carbocycles. The summed E-state index contributed by atoms with van der Waals surface area (Å²) in [6, 6.07) is 16.0. The van der Waals surface area contributed by atoms with Crippen LogP contribution < -0.4 is 30.3 Å². The van der Waals surface area contributed by atoms with Crippen LogP contribution in [0.4, 0.5) is 4.79 Å². The van der Waals surface area contributed by atoms with Gasteiger partial charge in [-0.1, -0.05) is 35.9 Å². The third kappa shape index (κ3) is 9.23. The number of hydrogen-bond donors (Lipinski definition) is 4. The first kappa shape index (κ1) is 34.3. The molecular weight excluding hydrogens is 806 g/mol. The van der Waals surface area contributed by atoms with Crippen LogP contribution in [0.1, 0.15) is 42.1 Å². The standard InChI is InChI=1S/C32H34I2N4O7/c1-5-43-26-14-22(29-28(31(40)42-4)19(3)36-32(41)37-29)10-11-25(26)44-17-27(39)38-35-15-21-12-23(33)30(24(34)13-21)45-16-20-8-6-18(2)7-9-20/h6-15,27,29,38-39H,5,16-17H2,1-4H3,(H2,36,37,41)/b35-15-/t27-,29+/m1/s1. The van der Waals surface area contributed by atoms with Gasteiger partial charge in [0.2, 0.25) is 0 Å². The van der Waals surface area contributed by atoms with Crippen molar-refractivity contribution < 1.29 is 33.6 Å². The van der Waals surface area contributed by atoms with Crippen molar-refractivity contribution >= 4 is 63.4 Å². The normalized spacial score (nSPS) is 15.3. The zero-order valence-electron chi connectivity index (χ0n) is 25.1. The maximum Gasteiger partial charge on any atom is 0.337 e. The molecule has 3 aromatic rings. The van der Waals surface area contributed by atoms with Gasteiger partial charge in [-0.2, -0.15) is 5.10 Å². The number of hydrazone groups is 1. The number of aliphatic hydroxyl groups is 1. The van der Waals surface area contributed by atoms with E-state index in [1.165, 1.54) is 12.7 Å². The van der Waals surface area contributed by atoms with Crippen molar-refractivity contribution in [3.63, 3.8) is 0 Å². The third-order valence-corrected chi connectivity index (χ3v) is 8.24. The summed E-state index contributed by atoms with van der Waals surface area (Å²) in [6.07, 6.45) is 0.491. The third-order valence-electron chi connectivity index (χ3n) is 6.63. The number of urea groups is 1. The highest BCUT2D eigenvalue weighted by Gasteiger charge is 2.32. The average Bonchev–Trinajstić information content (AvgIpc) is 3.00. The van der Waals surface area contributed by atoms with Gasteiger partial charge in [-0.3, -0.25) is 5.43 Å². The molecule has 0 spiro atoms. The van der Waals surface area contributed by atoms with Crippen molar-refractivity contribution in [3.8, 4) is 17.2 Å². The molecule has 0 aliphatic carbocycles. The predicted molar refractivity (Wildman–Crippen MR) is 186 cm³/mol. The number of nitrogens with one attached hydrogen (secondary N) is 3. The topological polar surface area (TPSA) is 140 Å². The number of carbonyl (C=O) groups is 2. The summed E-state index contributed by atoms with van der Waals surface area (Å²) in [5.41, 5.74) is 7.07. The minimum absolute atomic E-state index is 0.131. The number of aryl methyl sites for hydroxylation is 1. The molecule has 0 unspecified atom stereocenters. The second-order valence-electron chi connectivity index (χ2n) is 10.0. The van der Waals surface area contributed by atoms with Crippen LogP contribution in [0.3, 0.4) is 0 Å². The van der Waals surface area contributed by atoms with E-state index in [9.17, 15) is 14.7 Å². The monoisotopic (exact) mass is 840 g/mol. The molecule has 1 heterocycles. The minimum atomic E-state index is -1.12. The number of amides is 2. The molecule has 45 heavy (non-hydrogen) atoms. The average molecular weight is 840 g/mol. The molecule has 0 saturated heterocycles. The van der Waals surface area contributed by atoms with Crippen molar-refractivity contribution in [2.75, 3.05) is 20.3 Å². The molecule has 0 radical (unpaired) electrons. The Hall–Kier alpha value is -3.57. The van der Waals surface area contributed by atoms with Gasteiger partial charge >= 0.3 is 12.0 Å². The smallest absolute Gasteiger partial charge is 0.337 e. The predicted octanol–water partition coefficient (Wildman–Crippen LogP) is 5.30. The number of rotatable bonds is 13. The summed E-state index contributed by atoms with van der Waals surface area (Å²) in [5.74, 6) is 0.997. The van der Waals surface area contributed by atoms with E-state index in [-0.39, 0.29) is 12.2 Å². The van der Waals surface area contributed by atoms with E-state index in [4.69, 9.17) is 18.9 Å². The van der Waals surface area contributed by atoms with Crippen LogP contribution in [0.15, 0.2) is 71.0 Å². The van der Waals surface area contributed by atoms with Crippen LogP contribution in [-0.2, 0) is 16.1 Å². The van der Waals surface area contributed by atoms with Crippen molar-refractivity contribution in [1.82, 2.24) is 16.1 Å². The number of carbonyl (C=O) groups excluding carboxylic acids is 2. The zero-order valence-corrected chi connectivity index (χ0v) is 29.5. The van der Waals surface area contributed by atoms with E-state index in [0.29, 0.717) is 36.0 Å². The van der Waals surface area contributed by atoms with Gasteiger partial charge in [0.25, 0.3) is 0 Å². The molecule has 4 N–H and O–H groups in total. The lowest BCUT2D eigenvalue weighted by Gasteiger charge is -2.28. The molecule has 2 atom stereocenters. The molecule has 0 saturated carbocycles. The number of nitrogens with zero attached hydrogens (tertiary/aromatic N) is 1. The molecule has 238 valence electrons. The van der Waals surface area contributed by atoms with Gasteiger partial charge in [-0.05, 0) is 107 Å². The van der Waals surface area contributed by atoms with Crippen LogP contribution in [0.25, 0.3) is 0 Å². The van der Waals surface area contributed by atoms with Crippen LogP contribution >= 0.6 is 45.2 Å². The fourth-order valence-electron chi connectivity index (χ4n) is 4.45. The van der Waals surface area contributed by atoms with Crippen molar-refractivity contribution in [3.05, 3.63) is 95.3 Å². The van der Waals surface area contributed by atoms with E-state index in [2.05, 4.69) is 97.5 Å². The number of esters is 1. The van der Waals surface area contributed by atoms with Crippen LogP contribution in [0.2, 0.25) is 0 Å². The number of aliphatic hydroxyl groups excluding tert-OH is 1. The first-order valence-electron chi connectivity index (χ1n) is 14.0. The fraction of sp³-hybridized carbons (Fsp3) is 0.281. The molecule has 13 heteroatoms. The second-order valence-corrected chi connectivity index (χ2v) is 12.3. The van der Waals surface area contributed by atoms with Gasteiger partial charge < -0.3 is 34.7 Å². The lowest BCUT2D eigenvalue weighted by atomic mass is 9.95. The highest BCUT2D eigenvalue weighted by molar-refractivity contribution is 14.1. The lowest BCUT2D eigenvalue weighted by molar-refractivity contribution is -0.136. The maximum atomic E-state index is 12.5. The van der Waals surface area contributed by atoms with Gasteiger partial charge in [-0.15, -0.1) is 0 Å². The lowest BCUT2D eigenvalue weighted by Crippen LogP contribution is -2.45. The number of hydrogen-bond acceptors (Lipinski definition) is 9. The summed E-state index contributed by atoms with van der Waals surface area (Å²) < 4.78 is 24.5. The van der Waals surface area contributed by atoms with Gasteiger partial charge in [0, 0.05) is 5.70 Å². The molecular formula is C32H34I2N4O7. The summed E-state index contributed by atoms with van der Waals surface area (Å²) in [4.78, 5) is 24.6. The van der Waals surface area contributed by atoms with Gasteiger partial charge in [0.05, 0.1) is 38.7 Å². The Kier molecular flexibility index (Phi) is 12.3. The Morgan fingerprint density at radius 1 is 1.04 bits per heavy atom.